The molecule has 0 saturated heterocycles. The maximum atomic E-state index is 5.48. The topological polar surface area (TPSA) is 18.5 Å². The van der Waals surface area contributed by atoms with Crippen LogP contribution in [-0.2, 0) is 9.47 Å². The molecule has 0 radical (unpaired) electrons. The van der Waals surface area contributed by atoms with Crippen LogP contribution >= 0.6 is 0 Å². The number of fused-ring (bicyclic) bond motifs is 1. The van der Waals surface area contributed by atoms with Crippen LogP contribution in [0.3, 0.4) is 0 Å². The summed E-state index contributed by atoms with van der Waals surface area (Å²) in [7, 11) is 0. The Morgan fingerprint density at radius 1 is 1.00 bits per heavy atom. The van der Waals surface area contributed by atoms with Crippen molar-refractivity contribution >= 4 is 0 Å². The number of hydrogen-bond acceptors (Lipinski definition) is 2. The highest BCUT2D eigenvalue weighted by molar-refractivity contribution is 5.30. The molecule has 0 aliphatic carbocycles. The largest absolute Gasteiger partial charge is 0.348 e. The van der Waals surface area contributed by atoms with Crippen LogP contribution in [0.25, 0.3) is 0 Å². The summed E-state index contributed by atoms with van der Waals surface area (Å²) in [5.74, 6) is 0. The summed E-state index contributed by atoms with van der Waals surface area (Å²) < 4.78 is 11.0. The van der Waals surface area contributed by atoms with Gasteiger partial charge >= 0.3 is 0 Å². The van der Waals surface area contributed by atoms with Crippen LogP contribution in [0.2, 0.25) is 0 Å². The Balaban J connectivity index is 2.45. The van der Waals surface area contributed by atoms with Gasteiger partial charge in [0.2, 0.25) is 0 Å². The fourth-order valence-corrected chi connectivity index (χ4v) is 1.67. The van der Waals surface area contributed by atoms with Crippen molar-refractivity contribution in [2.45, 2.75) is 26.1 Å². The lowest BCUT2D eigenvalue weighted by atomic mass is 10.00. The van der Waals surface area contributed by atoms with E-state index in [4.69, 9.17) is 9.47 Å². The van der Waals surface area contributed by atoms with E-state index < -0.39 is 0 Å². The van der Waals surface area contributed by atoms with Crippen molar-refractivity contribution in [3.05, 3.63) is 35.4 Å². The molecule has 13 heavy (non-hydrogen) atoms. The summed E-state index contributed by atoms with van der Waals surface area (Å²) in [5.41, 5.74) is 2.49. The second-order valence-corrected chi connectivity index (χ2v) is 3.36. The molecule has 1 aromatic rings. The second-order valence-electron chi connectivity index (χ2n) is 3.36. The molecule has 2 nitrogen and oxygen atoms in total. The van der Waals surface area contributed by atoms with E-state index >= 15 is 0 Å². The fraction of sp³-hybridized carbons (Fsp3) is 0.455. The molecule has 0 bridgehead atoms. The van der Waals surface area contributed by atoms with Gasteiger partial charge in [0.05, 0.1) is 12.2 Å². The lowest BCUT2D eigenvalue weighted by Crippen LogP contribution is -1.99. The van der Waals surface area contributed by atoms with Crippen molar-refractivity contribution in [3.63, 3.8) is 0 Å². The van der Waals surface area contributed by atoms with Crippen LogP contribution < -0.4 is 0 Å². The minimum absolute atomic E-state index is 0.140. The highest BCUT2D eigenvalue weighted by Gasteiger charge is 2.19. The summed E-state index contributed by atoms with van der Waals surface area (Å²) in [4.78, 5) is 0. The Morgan fingerprint density at radius 3 is 1.92 bits per heavy atom. The monoisotopic (exact) mass is 178 g/mol. The fourth-order valence-electron chi connectivity index (χ4n) is 1.67. The van der Waals surface area contributed by atoms with E-state index in [1.54, 1.807) is 0 Å². The molecule has 0 saturated carbocycles. The van der Waals surface area contributed by atoms with Crippen molar-refractivity contribution in [2.75, 3.05) is 6.79 Å². The molecule has 70 valence electrons. The van der Waals surface area contributed by atoms with Crippen LogP contribution in [0.15, 0.2) is 24.3 Å². The van der Waals surface area contributed by atoms with Gasteiger partial charge in [0.15, 0.2) is 0 Å². The lowest BCUT2D eigenvalue weighted by molar-refractivity contribution is -0.0998. The van der Waals surface area contributed by atoms with Gasteiger partial charge in [0.25, 0.3) is 0 Å². The minimum Gasteiger partial charge on any atom is -0.348 e. The summed E-state index contributed by atoms with van der Waals surface area (Å²) in [5, 5.41) is 0. The van der Waals surface area contributed by atoms with Crippen LogP contribution in [0.4, 0.5) is 0 Å². The normalized spacial score (nSPS) is 27.8. The Kier molecular flexibility index (Phi) is 2.34. The van der Waals surface area contributed by atoms with Gasteiger partial charge in [-0.25, -0.2) is 0 Å². The Labute approximate surface area is 78.5 Å². The molecule has 2 rings (SSSR count). The Hall–Kier alpha value is -0.860. The molecule has 0 N–H and O–H groups in total. The van der Waals surface area contributed by atoms with E-state index in [0.29, 0.717) is 6.79 Å². The van der Waals surface area contributed by atoms with E-state index in [0.717, 1.165) is 0 Å². The summed E-state index contributed by atoms with van der Waals surface area (Å²) in [6.07, 6.45) is 0.280. The van der Waals surface area contributed by atoms with Crippen LogP contribution in [0.1, 0.15) is 37.2 Å². The van der Waals surface area contributed by atoms with Gasteiger partial charge < -0.3 is 9.47 Å². The Bertz CT molecular complexity index is 267. The van der Waals surface area contributed by atoms with Gasteiger partial charge in [0, 0.05) is 0 Å². The smallest absolute Gasteiger partial charge is 0.148 e. The van der Waals surface area contributed by atoms with Crippen molar-refractivity contribution in [1.82, 2.24) is 0 Å². The minimum atomic E-state index is 0.140. The summed E-state index contributed by atoms with van der Waals surface area (Å²) in [6.45, 7) is 4.50. The van der Waals surface area contributed by atoms with Crippen LogP contribution in [-0.4, -0.2) is 6.79 Å². The first-order chi connectivity index (χ1) is 6.29. The van der Waals surface area contributed by atoms with E-state index in [2.05, 4.69) is 26.0 Å². The average Bonchev–Trinajstić information content (AvgIpc) is 2.29. The average molecular weight is 178 g/mol. The first-order valence-corrected chi connectivity index (χ1v) is 4.61. The van der Waals surface area contributed by atoms with Crippen molar-refractivity contribution < 1.29 is 9.47 Å². The van der Waals surface area contributed by atoms with E-state index in [1.807, 2.05) is 12.1 Å². The van der Waals surface area contributed by atoms with E-state index in [9.17, 15) is 0 Å². The van der Waals surface area contributed by atoms with Gasteiger partial charge in [-0.15, -0.1) is 0 Å². The van der Waals surface area contributed by atoms with Crippen molar-refractivity contribution in [1.29, 1.82) is 0 Å². The standard InChI is InChI=1S/C11H14O2/c1-8-10-5-3-4-6-11(10)9(2)13-7-12-8/h3-6,8-9H,7H2,1-2H3/t8-,9+. The molecular formula is C11H14O2. The van der Waals surface area contributed by atoms with Gasteiger partial charge in [-0.05, 0) is 25.0 Å². The SMILES string of the molecule is C[C@@H]1OCO[C@H](C)c2ccccc21. The van der Waals surface area contributed by atoms with Gasteiger partial charge in [-0.2, -0.15) is 0 Å². The van der Waals surface area contributed by atoms with E-state index in [-0.39, 0.29) is 12.2 Å². The van der Waals surface area contributed by atoms with E-state index in [1.165, 1.54) is 11.1 Å². The number of hydrogen-bond donors (Lipinski definition) is 0. The molecular weight excluding hydrogens is 164 g/mol. The summed E-state index contributed by atoms with van der Waals surface area (Å²) >= 11 is 0. The molecule has 0 amide bonds. The third kappa shape index (κ3) is 1.60. The third-order valence-corrected chi connectivity index (χ3v) is 2.51. The molecule has 1 heterocycles. The lowest BCUT2D eigenvalue weighted by Gasteiger charge is -2.12. The van der Waals surface area contributed by atoms with Crippen LogP contribution in [0, 0.1) is 0 Å². The van der Waals surface area contributed by atoms with Gasteiger partial charge in [-0.3, -0.25) is 0 Å². The number of benzene rings is 1. The first kappa shape index (κ1) is 8.73. The molecule has 1 aromatic carbocycles. The third-order valence-electron chi connectivity index (χ3n) is 2.51. The maximum absolute atomic E-state index is 5.48. The van der Waals surface area contributed by atoms with Crippen molar-refractivity contribution in [3.8, 4) is 0 Å². The zero-order valence-corrected chi connectivity index (χ0v) is 7.99. The van der Waals surface area contributed by atoms with Gasteiger partial charge in [-0.1, -0.05) is 24.3 Å². The van der Waals surface area contributed by atoms with Crippen molar-refractivity contribution in [2.24, 2.45) is 0 Å². The maximum Gasteiger partial charge on any atom is 0.148 e. The predicted octanol–water partition coefficient (Wildman–Crippen LogP) is 2.81. The zero-order valence-electron chi connectivity index (χ0n) is 7.99. The molecule has 1 aliphatic rings. The highest BCUT2D eigenvalue weighted by atomic mass is 16.7. The predicted molar refractivity (Wildman–Crippen MR) is 50.3 cm³/mol. The summed E-state index contributed by atoms with van der Waals surface area (Å²) in [6, 6.07) is 8.28. The number of rotatable bonds is 0. The molecule has 0 unspecified atom stereocenters. The van der Waals surface area contributed by atoms with Gasteiger partial charge in [0.1, 0.15) is 6.79 Å². The molecule has 2 heteroatoms. The molecule has 0 spiro atoms. The quantitative estimate of drug-likeness (QED) is 0.608. The highest BCUT2D eigenvalue weighted by Crippen LogP contribution is 2.30. The first-order valence-electron chi connectivity index (χ1n) is 4.61. The molecule has 2 atom stereocenters. The Morgan fingerprint density at radius 2 is 1.46 bits per heavy atom. The number of ether oxygens (including phenoxy) is 2. The molecule has 1 aliphatic heterocycles. The molecule has 0 fully saturated rings. The molecule has 0 aromatic heterocycles. The second kappa shape index (κ2) is 3.48. The zero-order chi connectivity index (χ0) is 9.26. The van der Waals surface area contributed by atoms with Crippen LogP contribution in [0.5, 0.6) is 0 Å².